The predicted octanol–water partition coefficient (Wildman–Crippen LogP) is 5.59. The predicted molar refractivity (Wildman–Crippen MR) is 125 cm³/mol. The van der Waals surface area contributed by atoms with E-state index in [1.54, 1.807) is 63.8 Å². The highest BCUT2D eigenvalue weighted by molar-refractivity contribution is 6.10. The molecule has 0 N–H and O–H groups in total. The van der Waals surface area contributed by atoms with E-state index in [4.69, 9.17) is 14.2 Å². The van der Waals surface area contributed by atoms with Crippen LogP contribution < -0.4 is 14.2 Å². The van der Waals surface area contributed by atoms with Crippen molar-refractivity contribution in [2.24, 2.45) is 0 Å². The average Bonchev–Trinajstić information content (AvgIpc) is 2.86. The first-order valence-corrected chi connectivity index (χ1v) is 9.88. The maximum absolute atomic E-state index is 13.0. The lowest BCUT2D eigenvalue weighted by molar-refractivity contribution is 0.104. The number of allylic oxidation sites excluding steroid dienone is 4. The van der Waals surface area contributed by atoms with Gasteiger partial charge in [-0.25, -0.2) is 0 Å². The molecule has 0 aliphatic heterocycles. The maximum atomic E-state index is 13.0. The minimum atomic E-state index is -0.179. The van der Waals surface area contributed by atoms with E-state index >= 15 is 0 Å². The molecule has 0 heterocycles. The summed E-state index contributed by atoms with van der Waals surface area (Å²) in [5, 5.41) is 9.80. The van der Waals surface area contributed by atoms with Gasteiger partial charge >= 0.3 is 0 Å². The van der Waals surface area contributed by atoms with Crippen molar-refractivity contribution in [3.05, 3.63) is 102 Å². The van der Waals surface area contributed by atoms with Gasteiger partial charge in [0.15, 0.2) is 5.78 Å². The van der Waals surface area contributed by atoms with Gasteiger partial charge in [0.25, 0.3) is 0 Å². The number of ether oxygens (including phenoxy) is 3. The van der Waals surface area contributed by atoms with Gasteiger partial charge in [-0.15, -0.1) is 0 Å². The van der Waals surface area contributed by atoms with Crippen LogP contribution in [-0.4, -0.2) is 27.1 Å². The first-order chi connectivity index (χ1) is 15.6. The summed E-state index contributed by atoms with van der Waals surface area (Å²) in [6.45, 7) is 0. The van der Waals surface area contributed by atoms with E-state index < -0.39 is 0 Å². The van der Waals surface area contributed by atoms with Gasteiger partial charge in [0.05, 0.1) is 33.0 Å². The second-order valence-corrected chi connectivity index (χ2v) is 6.82. The summed E-state index contributed by atoms with van der Waals surface area (Å²) < 4.78 is 15.6. The standard InChI is InChI=1S/C27H23NO4/c1-30-24-10-4-19(5-11-24)22(17-27(29)21-8-14-26(32-3)15-9-21)16-23(18-28)20-6-12-25(31-2)13-7-20/h4-17H,1-3H3/b22-17+,23-16+. The Bertz CT molecular complexity index is 1170. The van der Waals surface area contributed by atoms with Crippen LogP contribution in [-0.2, 0) is 0 Å². The van der Waals surface area contributed by atoms with E-state index in [1.807, 2.05) is 36.4 Å². The van der Waals surface area contributed by atoms with Crippen molar-refractivity contribution in [3.8, 4) is 23.3 Å². The molecule has 3 rings (SSSR count). The van der Waals surface area contributed by atoms with Crippen molar-refractivity contribution >= 4 is 16.9 Å². The monoisotopic (exact) mass is 425 g/mol. The molecule has 0 radical (unpaired) electrons. The van der Waals surface area contributed by atoms with Crippen LogP contribution in [0.4, 0.5) is 0 Å². The highest BCUT2D eigenvalue weighted by Crippen LogP contribution is 2.26. The molecule has 0 spiro atoms. The number of ketones is 1. The van der Waals surface area contributed by atoms with Gasteiger partial charge in [0, 0.05) is 5.56 Å². The first-order valence-electron chi connectivity index (χ1n) is 9.88. The fourth-order valence-corrected chi connectivity index (χ4v) is 3.08. The third-order valence-electron chi connectivity index (χ3n) is 4.91. The van der Waals surface area contributed by atoms with Gasteiger partial charge in [-0.3, -0.25) is 4.79 Å². The fourth-order valence-electron chi connectivity index (χ4n) is 3.08. The molecule has 0 aliphatic rings. The Labute approximate surface area is 187 Å². The number of hydrogen-bond acceptors (Lipinski definition) is 5. The van der Waals surface area contributed by atoms with Crippen molar-refractivity contribution < 1.29 is 19.0 Å². The van der Waals surface area contributed by atoms with Crippen LogP contribution in [0.5, 0.6) is 17.2 Å². The quantitative estimate of drug-likeness (QED) is 0.204. The molecule has 160 valence electrons. The van der Waals surface area contributed by atoms with Crippen LogP contribution in [0.15, 0.2) is 84.9 Å². The summed E-state index contributed by atoms with van der Waals surface area (Å²) in [6.07, 6.45) is 3.25. The lowest BCUT2D eigenvalue weighted by Crippen LogP contribution is -1.97. The van der Waals surface area contributed by atoms with E-state index in [0.29, 0.717) is 34.0 Å². The Hall–Kier alpha value is -4.30. The van der Waals surface area contributed by atoms with Gasteiger partial charge in [-0.2, -0.15) is 5.26 Å². The van der Waals surface area contributed by atoms with Crippen LogP contribution >= 0.6 is 0 Å². The molecule has 0 aliphatic carbocycles. The molecular formula is C27H23NO4. The molecule has 0 aromatic heterocycles. The SMILES string of the molecule is COc1ccc(C(=O)/C=C(\C=C(/C#N)c2ccc(OC)cc2)c2ccc(OC)cc2)cc1. The van der Waals surface area contributed by atoms with E-state index in [0.717, 1.165) is 11.1 Å². The molecule has 3 aromatic carbocycles. The van der Waals surface area contributed by atoms with E-state index in [9.17, 15) is 10.1 Å². The number of hydrogen-bond donors (Lipinski definition) is 0. The van der Waals surface area contributed by atoms with Gasteiger partial charge in [0.2, 0.25) is 0 Å². The second-order valence-electron chi connectivity index (χ2n) is 6.82. The lowest BCUT2D eigenvalue weighted by Gasteiger charge is -2.08. The van der Waals surface area contributed by atoms with Gasteiger partial charge < -0.3 is 14.2 Å². The molecule has 0 atom stereocenters. The minimum Gasteiger partial charge on any atom is -0.497 e. The molecule has 0 bridgehead atoms. The Morgan fingerprint density at radius 3 is 1.47 bits per heavy atom. The number of rotatable bonds is 8. The topological polar surface area (TPSA) is 68.6 Å². The number of nitriles is 1. The molecule has 32 heavy (non-hydrogen) atoms. The summed E-state index contributed by atoms with van der Waals surface area (Å²) in [6, 6.07) is 23.7. The van der Waals surface area contributed by atoms with Crippen molar-refractivity contribution in [3.63, 3.8) is 0 Å². The minimum absolute atomic E-state index is 0.179. The van der Waals surface area contributed by atoms with Crippen LogP contribution in [0.25, 0.3) is 11.1 Å². The van der Waals surface area contributed by atoms with Gasteiger partial charge in [-0.1, -0.05) is 12.1 Å². The highest BCUT2D eigenvalue weighted by atomic mass is 16.5. The van der Waals surface area contributed by atoms with E-state index in [-0.39, 0.29) is 5.78 Å². The highest BCUT2D eigenvalue weighted by Gasteiger charge is 2.10. The van der Waals surface area contributed by atoms with Crippen LogP contribution in [0.3, 0.4) is 0 Å². The van der Waals surface area contributed by atoms with Crippen molar-refractivity contribution in [2.75, 3.05) is 21.3 Å². The van der Waals surface area contributed by atoms with Crippen LogP contribution in [0.1, 0.15) is 21.5 Å². The molecule has 3 aromatic rings. The Morgan fingerprint density at radius 2 is 1.06 bits per heavy atom. The molecular weight excluding hydrogens is 402 g/mol. The number of benzene rings is 3. The van der Waals surface area contributed by atoms with Gasteiger partial charge in [-0.05, 0) is 89.5 Å². The molecule has 0 fully saturated rings. The lowest BCUT2D eigenvalue weighted by atomic mass is 9.97. The number of carbonyl (C=O) groups excluding carboxylic acids is 1. The summed E-state index contributed by atoms with van der Waals surface area (Å²) in [5.41, 5.74) is 3.07. The average molecular weight is 425 g/mol. The van der Waals surface area contributed by atoms with Crippen LogP contribution in [0, 0.1) is 11.3 Å². The Kier molecular flexibility index (Phi) is 7.45. The third-order valence-corrected chi connectivity index (χ3v) is 4.91. The zero-order valence-electron chi connectivity index (χ0n) is 18.2. The number of carbonyl (C=O) groups is 1. The molecule has 0 unspecified atom stereocenters. The second kappa shape index (κ2) is 10.6. The summed E-state index contributed by atoms with van der Waals surface area (Å²) in [4.78, 5) is 13.0. The van der Waals surface area contributed by atoms with Crippen molar-refractivity contribution in [2.45, 2.75) is 0 Å². The van der Waals surface area contributed by atoms with E-state index in [1.165, 1.54) is 6.08 Å². The summed E-state index contributed by atoms with van der Waals surface area (Å²) in [5.74, 6) is 1.90. The molecule has 5 nitrogen and oxygen atoms in total. The summed E-state index contributed by atoms with van der Waals surface area (Å²) >= 11 is 0. The van der Waals surface area contributed by atoms with Crippen LogP contribution in [0.2, 0.25) is 0 Å². The largest absolute Gasteiger partial charge is 0.497 e. The van der Waals surface area contributed by atoms with Gasteiger partial charge in [0.1, 0.15) is 17.2 Å². The molecule has 0 saturated heterocycles. The normalized spacial score (nSPS) is 11.4. The first kappa shape index (κ1) is 22.4. The summed E-state index contributed by atoms with van der Waals surface area (Å²) in [7, 11) is 4.76. The zero-order valence-corrected chi connectivity index (χ0v) is 18.2. The number of methoxy groups -OCH3 is 3. The molecule has 5 heteroatoms. The van der Waals surface area contributed by atoms with E-state index in [2.05, 4.69) is 6.07 Å². The molecule has 0 amide bonds. The Balaban J connectivity index is 2.05. The maximum Gasteiger partial charge on any atom is 0.186 e. The smallest absolute Gasteiger partial charge is 0.186 e. The third kappa shape index (κ3) is 5.44. The van der Waals surface area contributed by atoms with Crippen molar-refractivity contribution in [1.29, 1.82) is 5.26 Å². The Morgan fingerprint density at radius 1 is 0.656 bits per heavy atom. The zero-order chi connectivity index (χ0) is 22.9. The molecule has 0 saturated carbocycles. The van der Waals surface area contributed by atoms with Crippen molar-refractivity contribution in [1.82, 2.24) is 0 Å². The number of nitrogens with zero attached hydrogens (tertiary/aromatic N) is 1. The fraction of sp³-hybridized carbons (Fsp3) is 0.111.